The van der Waals surface area contributed by atoms with Crippen molar-refractivity contribution in [3.63, 3.8) is 0 Å². The molecule has 33 heavy (non-hydrogen) atoms. The van der Waals surface area contributed by atoms with E-state index in [1.54, 1.807) is 19.2 Å². The largest absolute Gasteiger partial charge is 0.497 e. The highest BCUT2D eigenvalue weighted by molar-refractivity contribution is 7.91. The van der Waals surface area contributed by atoms with Crippen LogP contribution in [0.4, 0.5) is 0 Å². The minimum atomic E-state index is -3.67. The molecule has 1 N–H and O–H groups in total. The maximum absolute atomic E-state index is 12.9. The fraction of sp³-hybridized carbons (Fsp3) is 0.0769. The molecule has 0 unspecified atom stereocenters. The lowest BCUT2D eigenvalue weighted by atomic mass is 10.1. The molecule has 5 nitrogen and oxygen atoms in total. The van der Waals surface area contributed by atoms with Gasteiger partial charge in [-0.15, -0.1) is 0 Å². The number of thiophene rings is 1. The summed E-state index contributed by atoms with van der Waals surface area (Å²) in [6.45, 7) is 0.213. The van der Waals surface area contributed by atoms with Gasteiger partial charge in [-0.3, -0.25) is 0 Å². The molecule has 5 rings (SSSR count). The summed E-state index contributed by atoms with van der Waals surface area (Å²) < 4.78 is 39.9. The summed E-state index contributed by atoms with van der Waals surface area (Å²) in [5, 5.41) is 4.66. The number of rotatable bonds is 7. The van der Waals surface area contributed by atoms with Crippen molar-refractivity contribution in [1.29, 1.82) is 0 Å². The third-order valence-electron chi connectivity index (χ3n) is 5.39. The number of hydrogen-bond acceptors (Lipinski definition) is 5. The lowest BCUT2D eigenvalue weighted by Gasteiger charge is -2.08. The van der Waals surface area contributed by atoms with Crippen LogP contribution in [-0.2, 0) is 16.6 Å². The number of methoxy groups -OCH3 is 1. The number of sulfonamides is 1. The molecule has 166 valence electrons. The molecule has 7 heteroatoms. The molecule has 0 radical (unpaired) electrons. The van der Waals surface area contributed by atoms with E-state index in [0.29, 0.717) is 10.8 Å². The van der Waals surface area contributed by atoms with Gasteiger partial charge < -0.3 is 9.47 Å². The van der Waals surface area contributed by atoms with Crippen molar-refractivity contribution in [2.45, 2.75) is 10.8 Å². The molecular weight excluding hydrogens is 454 g/mol. The maximum Gasteiger partial charge on any atom is 0.250 e. The molecule has 5 aromatic rings. The van der Waals surface area contributed by atoms with Crippen LogP contribution >= 0.6 is 11.3 Å². The van der Waals surface area contributed by atoms with Gasteiger partial charge in [0.05, 0.1) is 7.11 Å². The minimum Gasteiger partial charge on any atom is -0.497 e. The lowest BCUT2D eigenvalue weighted by Crippen LogP contribution is -2.22. The van der Waals surface area contributed by atoms with Crippen molar-refractivity contribution in [1.82, 2.24) is 4.72 Å². The molecular formula is C26H21NO4S2. The topological polar surface area (TPSA) is 64.6 Å². The highest BCUT2D eigenvalue weighted by atomic mass is 32.2. The predicted octanol–water partition coefficient (Wildman–Crippen LogP) is 6.33. The standard InChI is InChI=1S/C26H21NO4S2/c1-30-22-11-9-18-10-12-23(16-21(18)15-22)31-25-13-14-26(32-25)33(28,29)27-17-20-7-4-6-19-5-2-3-8-24(19)20/h2-16,27H,17H2,1H3. The molecule has 0 aliphatic heterocycles. The Morgan fingerprint density at radius 3 is 2.39 bits per heavy atom. The Morgan fingerprint density at radius 2 is 1.55 bits per heavy atom. The Kier molecular flexibility index (Phi) is 5.76. The van der Waals surface area contributed by atoms with Crippen molar-refractivity contribution in [2.24, 2.45) is 0 Å². The van der Waals surface area contributed by atoms with E-state index in [-0.39, 0.29) is 10.8 Å². The molecule has 4 aromatic carbocycles. The SMILES string of the molecule is COc1ccc2ccc(Oc3ccc(S(=O)(=O)NCc4cccc5ccccc45)s3)cc2c1. The molecule has 0 saturated carbocycles. The normalized spacial score (nSPS) is 11.7. The monoisotopic (exact) mass is 475 g/mol. The summed E-state index contributed by atoms with van der Waals surface area (Å²) in [5.74, 6) is 1.40. The van der Waals surface area contributed by atoms with Crippen LogP contribution in [0.25, 0.3) is 21.5 Å². The van der Waals surface area contributed by atoms with Crippen molar-refractivity contribution < 1.29 is 17.9 Å². The van der Waals surface area contributed by atoms with E-state index < -0.39 is 10.0 Å². The zero-order chi connectivity index (χ0) is 22.8. The highest BCUT2D eigenvalue weighted by Gasteiger charge is 2.18. The van der Waals surface area contributed by atoms with Gasteiger partial charge in [-0.1, -0.05) is 65.9 Å². The molecule has 1 aromatic heterocycles. The van der Waals surface area contributed by atoms with Crippen LogP contribution in [0, 0.1) is 0 Å². The van der Waals surface area contributed by atoms with Crippen molar-refractivity contribution >= 4 is 42.9 Å². The van der Waals surface area contributed by atoms with Gasteiger partial charge in [0.1, 0.15) is 15.7 Å². The van der Waals surface area contributed by atoms with Crippen molar-refractivity contribution in [3.8, 4) is 16.6 Å². The number of fused-ring (bicyclic) bond motifs is 2. The first-order valence-corrected chi connectivity index (χ1v) is 12.6. The van der Waals surface area contributed by atoms with Crippen LogP contribution in [0.3, 0.4) is 0 Å². The van der Waals surface area contributed by atoms with Gasteiger partial charge in [0.2, 0.25) is 10.0 Å². The Morgan fingerprint density at radius 1 is 0.788 bits per heavy atom. The van der Waals surface area contributed by atoms with E-state index in [2.05, 4.69) is 4.72 Å². The summed E-state index contributed by atoms with van der Waals surface area (Å²) in [5.41, 5.74) is 0.927. The fourth-order valence-electron chi connectivity index (χ4n) is 3.70. The highest BCUT2D eigenvalue weighted by Crippen LogP contribution is 2.34. The number of nitrogens with one attached hydrogen (secondary N) is 1. The molecule has 0 aliphatic rings. The van der Waals surface area contributed by atoms with E-state index in [0.717, 1.165) is 44.2 Å². The molecule has 0 atom stereocenters. The molecule has 0 spiro atoms. The van der Waals surface area contributed by atoms with Crippen LogP contribution in [0.15, 0.2) is 95.2 Å². The van der Waals surface area contributed by atoms with Gasteiger partial charge in [-0.2, -0.15) is 0 Å². The van der Waals surface area contributed by atoms with Crippen LogP contribution in [0.5, 0.6) is 16.6 Å². The van der Waals surface area contributed by atoms with E-state index in [1.807, 2.05) is 78.9 Å². The van der Waals surface area contributed by atoms with E-state index in [1.165, 1.54) is 0 Å². The number of hydrogen-bond donors (Lipinski definition) is 1. The van der Waals surface area contributed by atoms with Gasteiger partial charge in [-0.05, 0) is 63.5 Å². The predicted molar refractivity (Wildman–Crippen MR) is 133 cm³/mol. The average Bonchev–Trinajstić information content (AvgIpc) is 3.32. The van der Waals surface area contributed by atoms with E-state index >= 15 is 0 Å². The van der Waals surface area contributed by atoms with E-state index in [4.69, 9.17) is 9.47 Å². The van der Waals surface area contributed by atoms with Gasteiger partial charge in [0.15, 0.2) is 5.06 Å². The number of ether oxygens (including phenoxy) is 2. The Labute approximate surface area is 196 Å². The zero-order valence-electron chi connectivity index (χ0n) is 17.8. The molecule has 0 fully saturated rings. The third-order valence-corrected chi connectivity index (χ3v) is 8.25. The van der Waals surface area contributed by atoms with Gasteiger partial charge in [0, 0.05) is 6.54 Å². The van der Waals surface area contributed by atoms with Crippen molar-refractivity contribution in [2.75, 3.05) is 7.11 Å². The molecule has 0 saturated heterocycles. The Bertz CT molecular complexity index is 1550. The zero-order valence-corrected chi connectivity index (χ0v) is 19.4. The quantitative estimate of drug-likeness (QED) is 0.299. The Hall–Kier alpha value is -3.39. The smallest absolute Gasteiger partial charge is 0.250 e. The summed E-state index contributed by atoms with van der Waals surface area (Å²) in [6, 6.07) is 28.6. The van der Waals surface area contributed by atoms with Crippen LogP contribution in [0.2, 0.25) is 0 Å². The van der Waals surface area contributed by atoms with Crippen LogP contribution in [0.1, 0.15) is 5.56 Å². The lowest BCUT2D eigenvalue weighted by molar-refractivity contribution is 0.415. The first-order valence-electron chi connectivity index (χ1n) is 10.3. The first-order chi connectivity index (χ1) is 16.0. The van der Waals surface area contributed by atoms with Gasteiger partial charge >= 0.3 is 0 Å². The summed E-state index contributed by atoms with van der Waals surface area (Å²) in [4.78, 5) is 0. The fourth-order valence-corrected chi connectivity index (χ4v) is 5.91. The first kappa shape index (κ1) is 21.5. The van der Waals surface area contributed by atoms with Gasteiger partial charge in [-0.25, -0.2) is 13.1 Å². The minimum absolute atomic E-state index is 0.209. The maximum atomic E-state index is 12.9. The van der Waals surface area contributed by atoms with Crippen molar-refractivity contribution in [3.05, 3.63) is 96.6 Å². The molecule has 0 bridgehead atoms. The molecule has 1 heterocycles. The summed E-state index contributed by atoms with van der Waals surface area (Å²) >= 11 is 1.09. The molecule has 0 aliphatic carbocycles. The second-order valence-electron chi connectivity index (χ2n) is 7.51. The van der Waals surface area contributed by atoms with Crippen LogP contribution in [-0.4, -0.2) is 15.5 Å². The van der Waals surface area contributed by atoms with Crippen LogP contribution < -0.4 is 14.2 Å². The van der Waals surface area contributed by atoms with Gasteiger partial charge in [0.25, 0.3) is 0 Å². The van der Waals surface area contributed by atoms with E-state index in [9.17, 15) is 8.42 Å². The number of benzene rings is 4. The summed E-state index contributed by atoms with van der Waals surface area (Å²) in [6.07, 6.45) is 0. The average molecular weight is 476 g/mol. The Balaban J connectivity index is 1.32. The summed E-state index contributed by atoms with van der Waals surface area (Å²) in [7, 11) is -2.04. The second-order valence-corrected chi connectivity index (χ2v) is 10.6. The molecule has 0 amide bonds. The second kappa shape index (κ2) is 8.86. The third kappa shape index (κ3) is 4.57.